The number of aryl methyl sites for hydroxylation is 1. The molecule has 1 spiro atoms. The number of amides is 2. The number of carbonyl (C=O) groups excluding carboxylic acids is 2. The van der Waals surface area contributed by atoms with Crippen molar-refractivity contribution in [3.05, 3.63) is 16.1 Å². The first-order chi connectivity index (χ1) is 11.5. The fourth-order valence-electron chi connectivity index (χ4n) is 3.63. The van der Waals surface area contributed by atoms with Crippen LogP contribution in [0, 0.1) is 12.8 Å². The molecule has 0 radical (unpaired) electrons. The van der Waals surface area contributed by atoms with Crippen LogP contribution in [0.5, 0.6) is 0 Å². The lowest BCUT2D eigenvalue weighted by Crippen LogP contribution is -2.59. The topological polar surface area (TPSA) is 62.7 Å². The van der Waals surface area contributed by atoms with Crippen LogP contribution in [0.1, 0.15) is 36.4 Å². The molecular formula is C17H23N3O3S. The molecule has 0 N–H and O–H groups in total. The normalized spacial score (nSPS) is 23.8. The third-order valence-corrected chi connectivity index (χ3v) is 6.09. The van der Waals surface area contributed by atoms with E-state index in [9.17, 15) is 9.59 Å². The summed E-state index contributed by atoms with van der Waals surface area (Å²) in [6.07, 6.45) is 3.72. The molecule has 1 aromatic heterocycles. The molecule has 2 amide bonds. The smallest absolute Gasteiger partial charge is 0.249 e. The molecule has 2 aliphatic heterocycles. The highest BCUT2D eigenvalue weighted by Gasteiger charge is 2.44. The molecule has 0 atom stereocenters. The first kappa shape index (κ1) is 16.0. The van der Waals surface area contributed by atoms with Gasteiger partial charge in [0.15, 0.2) is 0 Å². The van der Waals surface area contributed by atoms with Crippen LogP contribution in [0.3, 0.4) is 0 Å². The first-order valence-electron chi connectivity index (χ1n) is 8.66. The van der Waals surface area contributed by atoms with Gasteiger partial charge in [-0.2, -0.15) is 0 Å². The van der Waals surface area contributed by atoms with E-state index < -0.39 is 0 Å². The van der Waals surface area contributed by atoms with E-state index in [4.69, 9.17) is 4.74 Å². The zero-order valence-electron chi connectivity index (χ0n) is 14.0. The number of carbonyl (C=O) groups is 2. The van der Waals surface area contributed by atoms with Gasteiger partial charge in [-0.05, 0) is 32.6 Å². The Kier molecular flexibility index (Phi) is 4.08. The maximum absolute atomic E-state index is 12.2. The van der Waals surface area contributed by atoms with Crippen LogP contribution in [0.25, 0.3) is 0 Å². The summed E-state index contributed by atoms with van der Waals surface area (Å²) in [5, 5.41) is 3.04. The molecule has 24 heavy (non-hydrogen) atoms. The predicted molar refractivity (Wildman–Crippen MR) is 89.5 cm³/mol. The van der Waals surface area contributed by atoms with E-state index in [0.29, 0.717) is 19.0 Å². The molecule has 4 rings (SSSR count). The minimum atomic E-state index is -0.292. The van der Waals surface area contributed by atoms with Crippen LogP contribution in [-0.2, 0) is 20.9 Å². The number of nitrogens with zero attached hydrogens (tertiary/aromatic N) is 3. The SMILES string of the molecule is Cc1nc(CN2CC3(CCN(C(=O)C4CC4)CC3)OCC2=O)cs1. The summed E-state index contributed by atoms with van der Waals surface area (Å²) >= 11 is 1.61. The van der Waals surface area contributed by atoms with Crippen LogP contribution in [0.2, 0.25) is 0 Å². The molecule has 6 nitrogen and oxygen atoms in total. The third-order valence-electron chi connectivity index (χ3n) is 5.27. The summed E-state index contributed by atoms with van der Waals surface area (Å²) in [6.45, 7) is 4.76. The zero-order chi connectivity index (χ0) is 16.7. The molecule has 1 saturated carbocycles. The minimum Gasteiger partial charge on any atom is -0.363 e. The molecule has 1 aliphatic carbocycles. The molecule has 130 valence electrons. The average molecular weight is 349 g/mol. The Labute approximate surface area is 145 Å². The quantitative estimate of drug-likeness (QED) is 0.831. The van der Waals surface area contributed by atoms with Crippen molar-refractivity contribution in [3.63, 3.8) is 0 Å². The number of aromatic nitrogens is 1. The van der Waals surface area contributed by atoms with Crippen LogP contribution in [0.4, 0.5) is 0 Å². The lowest BCUT2D eigenvalue weighted by Gasteiger charge is -2.47. The number of thiazole rings is 1. The number of morpholine rings is 1. The number of hydrogen-bond donors (Lipinski definition) is 0. The number of ether oxygens (including phenoxy) is 1. The fraction of sp³-hybridized carbons (Fsp3) is 0.706. The Morgan fingerprint density at radius 2 is 2.17 bits per heavy atom. The van der Waals surface area contributed by atoms with Crippen LogP contribution < -0.4 is 0 Å². The average Bonchev–Trinajstić information content (AvgIpc) is 3.35. The van der Waals surface area contributed by atoms with Gasteiger partial charge in [0.05, 0.1) is 29.4 Å². The van der Waals surface area contributed by atoms with Gasteiger partial charge in [0.2, 0.25) is 11.8 Å². The van der Waals surface area contributed by atoms with E-state index in [0.717, 1.165) is 49.5 Å². The van der Waals surface area contributed by atoms with Crippen molar-refractivity contribution in [3.8, 4) is 0 Å². The first-order valence-corrected chi connectivity index (χ1v) is 9.54. The summed E-state index contributed by atoms with van der Waals surface area (Å²) in [7, 11) is 0. The predicted octanol–water partition coefficient (Wildman–Crippen LogP) is 1.58. The van der Waals surface area contributed by atoms with E-state index in [-0.39, 0.29) is 24.0 Å². The molecule has 7 heteroatoms. The Bertz CT molecular complexity index is 647. The number of likely N-dealkylation sites (tertiary alicyclic amines) is 1. The number of rotatable bonds is 3. The minimum absolute atomic E-state index is 0.0303. The molecule has 0 unspecified atom stereocenters. The Balaban J connectivity index is 1.39. The van der Waals surface area contributed by atoms with Gasteiger partial charge in [-0.15, -0.1) is 11.3 Å². The molecular weight excluding hydrogens is 326 g/mol. The second-order valence-electron chi connectivity index (χ2n) is 7.18. The molecule has 0 bridgehead atoms. The van der Waals surface area contributed by atoms with Crippen LogP contribution in [0.15, 0.2) is 5.38 Å². The molecule has 3 fully saturated rings. The fourth-order valence-corrected chi connectivity index (χ4v) is 4.24. The van der Waals surface area contributed by atoms with E-state index >= 15 is 0 Å². The highest BCUT2D eigenvalue weighted by atomic mass is 32.1. The Morgan fingerprint density at radius 1 is 1.42 bits per heavy atom. The largest absolute Gasteiger partial charge is 0.363 e. The zero-order valence-corrected chi connectivity index (χ0v) is 14.8. The lowest BCUT2D eigenvalue weighted by molar-refractivity contribution is -0.174. The lowest BCUT2D eigenvalue weighted by atomic mass is 9.89. The van der Waals surface area contributed by atoms with Gasteiger partial charge < -0.3 is 14.5 Å². The summed E-state index contributed by atoms with van der Waals surface area (Å²) in [5.74, 6) is 0.617. The van der Waals surface area contributed by atoms with Gasteiger partial charge in [0, 0.05) is 24.4 Å². The molecule has 1 aromatic rings. The van der Waals surface area contributed by atoms with Crippen molar-refractivity contribution >= 4 is 23.2 Å². The van der Waals surface area contributed by atoms with Crippen LogP contribution >= 0.6 is 11.3 Å². The van der Waals surface area contributed by atoms with E-state index in [1.54, 1.807) is 11.3 Å². The standard InChI is InChI=1S/C17H23N3O3S/c1-12-18-14(10-24-12)8-20-11-17(23-9-15(20)21)4-6-19(7-5-17)16(22)13-2-3-13/h10,13H,2-9,11H2,1H3. The molecule has 0 aromatic carbocycles. The van der Waals surface area contributed by atoms with Gasteiger partial charge in [-0.1, -0.05) is 0 Å². The van der Waals surface area contributed by atoms with E-state index in [1.165, 1.54) is 0 Å². The van der Waals surface area contributed by atoms with Crippen molar-refractivity contribution in [2.24, 2.45) is 5.92 Å². The Morgan fingerprint density at radius 3 is 2.79 bits per heavy atom. The van der Waals surface area contributed by atoms with Crippen molar-refractivity contribution < 1.29 is 14.3 Å². The van der Waals surface area contributed by atoms with Crippen molar-refractivity contribution in [1.29, 1.82) is 0 Å². The van der Waals surface area contributed by atoms with Crippen LogP contribution in [-0.4, -0.2) is 58.4 Å². The van der Waals surface area contributed by atoms with Gasteiger partial charge in [0.1, 0.15) is 6.61 Å². The van der Waals surface area contributed by atoms with Gasteiger partial charge in [-0.25, -0.2) is 4.98 Å². The van der Waals surface area contributed by atoms with Crippen molar-refractivity contribution in [2.75, 3.05) is 26.2 Å². The summed E-state index contributed by atoms with van der Waals surface area (Å²) in [6, 6.07) is 0. The highest BCUT2D eigenvalue weighted by molar-refractivity contribution is 7.09. The van der Waals surface area contributed by atoms with Gasteiger partial charge in [-0.3, -0.25) is 9.59 Å². The second kappa shape index (κ2) is 6.11. The summed E-state index contributed by atoms with van der Waals surface area (Å²) < 4.78 is 5.95. The summed E-state index contributed by atoms with van der Waals surface area (Å²) in [5.41, 5.74) is 0.656. The molecule has 2 saturated heterocycles. The van der Waals surface area contributed by atoms with Crippen molar-refractivity contribution in [1.82, 2.24) is 14.8 Å². The van der Waals surface area contributed by atoms with E-state index in [1.807, 2.05) is 22.1 Å². The summed E-state index contributed by atoms with van der Waals surface area (Å²) in [4.78, 5) is 32.7. The number of piperidine rings is 1. The molecule has 3 heterocycles. The van der Waals surface area contributed by atoms with E-state index in [2.05, 4.69) is 4.98 Å². The maximum atomic E-state index is 12.2. The number of hydrogen-bond acceptors (Lipinski definition) is 5. The monoisotopic (exact) mass is 349 g/mol. The van der Waals surface area contributed by atoms with Gasteiger partial charge >= 0.3 is 0 Å². The van der Waals surface area contributed by atoms with Crippen molar-refractivity contribution in [2.45, 2.75) is 44.8 Å². The van der Waals surface area contributed by atoms with Gasteiger partial charge in [0.25, 0.3) is 0 Å². The second-order valence-corrected chi connectivity index (χ2v) is 8.24. The highest BCUT2D eigenvalue weighted by Crippen LogP contribution is 2.35. The molecule has 3 aliphatic rings. The third kappa shape index (κ3) is 3.19. The Hall–Kier alpha value is -1.47. The maximum Gasteiger partial charge on any atom is 0.249 e.